The van der Waals surface area contributed by atoms with Crippen LogP contribution in [0, 0.1) is 34.5 Å². The van der Waals surface area contributed by atoms with Crippen molar-refractivity contribution in [2.45, 2.75) is 126 Å². The van der Waals surface area contributed by atoms with Gasteiger partial charge in [0.1, 0.15) is 34.8 Å². The van der Waals surface area contributed by atoms with Crippen LogP contribution in [-0.2, 0) is 19.1 Å². The van der Waals surface area contributed by atoms with Crippen LogP contribution in [-0.4, -0.2) is 84.1 Å². The summed E-state index contributed by atoms with van der Waals surface area (Å²) in [6, 6.07) is 0. The van der Waals surface area contributed by atoms with Crippen LogP contribution in [0.5, 0.6) is 0 Å². The van der Waals surface area contributed by atoms with Crippen LogP contribution in [0.2, 0.25) is 0 Å². The predicted octanol–water partition coefficient (Wildman–Crippen LogP) is 0.856. The second-order valence-electron chi connectivity index (χ2n) is 14.2. The smallest absolute Gasteiger partial charge is 0.341 e. The Balaban J connectivity index is 1.30. The Morgan fingerprint density at radius 3 is 2.32 bits per heavy atom. The molecule has 0 aromatic rings. The van der Waals surface area contributed by atoms with E-state index in [1.165, 1.54) is 13.8 Å². The molecule has 9 heteroatoms. The minimum absolute atomic E-state index is 0.0195. The van der Waals surface area contributed by atoms with Crippen molar-refractivity contribution in [2.75, 3.05) is 0 Å². The number of ketones is 1. The monoisotopic (exact) mass is 522 g/mol. The lowest BCUT2D eigenvalue weighted by Crippen LogP contribution is -2.69. The molecule has 37 heavy (non-hydrogen) atoms. The van der Waals surface area contributed by atoms with Gasteiger partial charge >= 0.3 is 5.97 Å². The zero-order valence-electron chi connectivity index (χ0n) is 22.4. The van der Waals surface area contributed by atoms with Crippen molar-refractivity contribution < 1.29 is 44.6 Å². The molecule has 6 aliphatic rings. The maximum Gasteiger partial charge on any atom is 0.341 e. The number of carbonyl (C=O) groups is 2. The number of fused-ring (bicyclic) bond motifs is 4. The van der Waals surface area contributed by atoms with Crippen molar-refractivity contribution in [1.29, 1.82) is 0 Å². The second-order valence-corrected chi connectivity index (χ2v) is 14.2. The van der Waals surface area contributed by atoms with Crippen LogP contribution < -0.4 is 0 Å². The molecule has 4 aliphatic carbocycles. The Morgan fingerprint density at radius 2 is 1.68 bits per heavy atom. The van der Waals surface area contributed by atoms with E-state index in [-0.39, 0.29) is 53.8 Å². The molecule has 208 valence electrons. The number of hydrogen-bond donors (Lipinski definition) is 5. The fourth-order valence-corrected chi connectivity index (χ4v) is 10.1. The summed E-state index contributed by atoms with van der Waals surface area (Å²) in [5.41, 5.74) is -7.37. The van der Waals surface area contributed by atoms with Crippen molar-refractivity contribution in [1.82, 2.24) is 0 Å². The van der Waals surface area contributed by atoms with Crippen LogP contribution in [0.4, 0.5) is 0 Å². The van der Waals surface area contributed by atoms with Crippen molar-refractivity contribution in [2.24, 2.45) is 34.5 Å². The Morgan fingerprint density at radius 1 is 1.00 bits per heavy atom. The van der Waals surface area contributed by atoms with Crippen LogP contribution in [0.3, 0.4) is 0 Å². The molecule has 2 aliphatic heterocycles. The molecule has 1 spiro atoms. The topological polar surface area (TPSA) is 157 Å². The minimum Gasteiger partial charge on any atom is -0.457 e. The summed E-state index contributed by atoms with van der Waals surface area (Å²) in [7, 11) is 0. The summed E-state index contributed by atoms with van der Waals surface area (Å²) < 4.78 is 11.7. The minimum atomic E-state index is -2.06. The Labute approximate surface area is 217 Å². The fourth-order valence-electron chi connectivity index (χ4n) is 10.1. The van der Waals surface area contributed by atoms with Crippen LogP contribution >= 0.6 is 0 Å². The molecule has 0 amide bonds. The quantitative estimate of drug-likeness (QED) is 0.262. The lowest BCUT2D eigenvalue weighted by atomic mass is 9.43. The first-order valence-corrected chi connectivity index (χ1v) is 13.9. The number of ether oxygens (including phenoxy) is 2. The van der Waals surface area contributed by atoms with Gasteiger partial charge in [-0.25, -0.2) is 4.79 Å². The number of aliphatic hydroxyl groups excluding tert-OH is 2. The highest BCUT2D eigenvalue weighted by Gasteiger charge is 2.82. The summed E-state index contributed by atoms with van der Waals surface area (Å²) >= 11 is 0. The summed E-state index contributed by atoms with van der Waals surface area (Å²) in [6.07, 6.45) is 0.232. The Hall–Kier alpha value is -1.10. The van der Waals surface area contributed by atoms with E-state index in [1.807, 2.05) is 6.92 Å². The predicted molar refractivity (Wildman–Crippen MR) is 129 cm³/mol. The largest absolute Gasteiger partial charge is 0.457 e. The van der Waals surface area contributed by atoms with Gasteiger partial charge in [0.25, 0.3) is 0 Å². The molecule has 0 bridgehead atoms. The molecule has 0 radical (unpaired) electrons. The van der Waals surface area contributed by atoms with Gasteiger partial charge in [-0.2, -0.15) is 0 Å². The summed E-state index contributed by atoms with van der Waals surface area (Å²) in [5.74, 6) is -0.772. The molecular weight excluding hydrogens is 480 g/mol. The van der Waals surface area contributed by atoms with E-state index in [2.05, 4.69) is 6.92 Å². The Bertz CT molecular complexity index is 1040. The highest BCUT2D eigenvalue weighted by Crippen LogP contribution is 2.74. The summed E-state index contributed by atoms with van der Waals surface area (Å²) in [5, 5.41) is 54.7. The molecule has 0 aromatic heterocycles. The van der Waals surface area contributed by atoms with Crippen molar-refractivity contribution in [3.63, 3.8) is 0 Å². The number of cyclic esters (lactones) is 1. The van der Waals surface area contributed by atoms with Gasteiger partial charge in [-0.3, -0.25) is 4.79 Å². The van der Waals surface area contributed by atoms with E-state index < -0.39 is 52.1 Å². The number of epoxide rings is 1. The first-order valence-electron chi connectivity index (χ1n) is 13.9. The number of esters is 1. The number of Topliss-reactive ketones (excluding diaryl/α,β-unsaturated/α-hetero) is 1. The number of carbonyl (C=O) groups excluding carboxylic acids is 2. The molecule has 0 aromatic carbocycles. The Kier molecular flexibility index (Phi) is 5.19. The molecule has 2 saturated heterocycles. The maximum atomic E-state index is 13.5. The average molecular weight is 523 g/mol. The van der Waals surface area contributed by atoms with E-state index in [0.717, 1.165) is 19.3 Å². The molecule has 5 N–H and O–H groups in total. The third-order valence-corrected chi connectivity index (χ3v) is 12.6. The number of rotatable bonds is 2. The maximum absolute atomic E-state index is 13.5. The lowest BCUT2D eigenvalue weighted by Gasteiger charge is -2.60. The molecule has 2 heterocycles. The van der Waals surface area contributed by atoms with E-state index in [1.54, 1.807) is 6.92 Å². The van der Waals surface area contributed by atoms with Crippen LogP contribution in [0.1, 0.15) is 79.6 Å². The number of aliphatic hydroxyl groups is 5. The second kappa shape index (κ2) is 7.34. The van der Waals surface area contributed by atoms with Gasteiger partial charge in [0.05, 0.1) is 17.6 Å². The average Bonchev–Trinajstić information content (AvgIpc) is 3.42. The molecule has 14 unspecified atom stereocenters. The molecule has 6 fully saturated rings. The van der Waals surface area contributed by atoms with Crippen LogP contribution in [0.25, 0.3) is 0 Å². The zero-order chi connectivity index (χ0) is 27.1. The van der Waals surface area contributed by atoms with Gasteiger partial charge in [-0.05, 0) is 88.9 Å². The van der Waals surface area contributed by atoms with E-state index in [9.17, 15) is 35.1 Å². The van der Waals surface area contributed by atoms with Crippen molar-refractivity contribution in [3.8, 4) is 0 Å². The third-order valence-electron chi connectivity index (χ3n) is 12.6. The summed E-state index contributed by atoms with van der Waals surface area (Å²) in [4.78, 5) is 26.1. The standard InChI is InChI=1S/C28H42O9/c1-23-9-8-15-13(10-19-28(37-19)21(31)16(29)11-18(30)25(15,28)3)14(23)6-7-17(23)26(4,34)20-12-24(2,33)27(5,35)22(32)36-20/h13-17,19-21,29,31,33-35H,6-12H2,1-5H3. The molecule has 14 atom stereocenters. The van der Waals surface area contributed by atoms with Crippen molar-refractivity contribution >= 4 is 11.8 Å². The third kappa shape index (κ3) is 2.91. The van der Waals surface area contributed by atoms with Gasteiger partial charge in [-0.1, -0.05) is 6.92 Å². The first-order chi connectivity index (χ1) is 17.0. The number of hydrogen-bond acceptors (Lipinski definition) is 9. The zero-order valence-corrected chi connectivity index (χ0v) is 22.4. The lowest BCUT2D eigenvalue weighted by molar-refractivity contribution is -0.251. The first kappa shape index (κ1) is 26.1. The van der Waals surface area contributed by atoms with Gasteiger partial charge in [0.2, 0.25) is 0 Å². The SMILES string of the molecule is CC(O)(C1CC(C)(O)C(C)(O)C(=O)O1)C1CCC2C3CC4OC45C(O)C(O)CC(=O)C5(C)C3CCC21C. The van der Waals surface area contributed by atoms with Gasteiger partial charge in [-0.15, -0.1) is 0 Å². The van der Waals surface area contributed by atoms with Gasteiger partial charge in [0, 0.05) is 12.8 Å². The molecule has 4 saturated carbocycles. The molecule has 6 rings (SSSR count). The fraction of sp³-hybridized carbons (Fsp3) is 0.929. The normalized spacial score (nSPS) is 60.4. The van der Waals surface area contributed by atoms with Gasteiger partial charge < -0.3 is 35.0 Å². The summed E-state index contributed by atoms with van der Waals surface area (Å²) in [6.45, 7) is 8.45. The van der Waals surface area contributed by atoms with Crippen LogP contribution in [0.15, 0.2) is 0 Å². The van der Waals surface area contributed by atoms with Crippen molar-refractivity contribution in [3.05, 3.63) is 0 Å². The highest BCUT2D eigenvalue weighted by atomic mass is 16.6. The molecular formula is C28H42O9. The van der Waals surface area contributed by atoms with E-state index in [4.69, 9.17) is 9.47 Å². The van der Waals surface area contributed by atoms with E-state index >= 15 is 0 Å². The molecule has 9 nitrogen and oxygen atoms in total. The van der Waals surface area contributed by atoms with E-state index in [0.29, 0.717) is 12.8 Å². The highest BCUT2D eigenvalue weighted by molar-refractivity contribution is 5.89. The van der Waals surface area contributed by atoms with Gasteiger partial charge in [0.15, 0.2) is 5.60 Å².